The Kier molecular flexibility index (Phi) is 3.36. The van der Waals surface area contributed by atoms with Crippen molar-refractivity contribution >= 4 is 21.4 Å². The zero-order valence-electron chi connectivity index (χ0n) is 15.7. The first-order chi connectivity index (χ1) is 12.2. The molecule has 0 aromatic heterocycles. The Morgan fingerprint density at radius 3 is 2.62 bits per heavy atom. The maximum absolute atomic E-state index is 13.0. The second kappa shape index (κ2) is 5.09. The Morgan fingerprint density at radius 1 is 1.12 bits per heavy atom. The fourth-order valence-electron chi connectivity index (χ4n) is 8.03. The van der Waals surface area contributed by atoms with Crippen LogP contribution in [-0.4, -0.2) is 25.7 Å². The number of hydrogen-bond donors (Lipinski definition) is 0. The van der Waals surface area contributed by atoms with Gasteiger partial charge in [0, 0.05) is 29.1 Å². The van der Waals surface area contributed by atoms with Crippen LogP contribution in [0.1, 0.15) is 65.2 Å². The van der Waals surface area contributed by atoms with Crippen LogP contribution in [-0.2, 0) is 19.4 Å². The average molecular weight is 377 g/mol. The van der Waals surface area contributed by atoms with Crippen LogP contribution >= 0.6 is 0 Å². The molecule has 0 aromatic rings. The molecule has 26 heavy (non-hydrogen) atoms. The van der Waals surface area contributed by atoms with E-state index in [1.807, 2.05) is 0 Å². The maximum atomic E-state index is 13.0. The highest BCUT2D eigenvalue weighted by Gasteiger charge is 2.65. The van der Waals surface area contributed by atoms with E-state index in [0.717, 1.165) is 37.7 Å². The Hall–Kier alpha value is -0.970. The number of sulfone groups is 1. The van der Waals surface area contributed by atoms with E-state index in [4.69, 9.17) is 0 Å². The van der Waals surface area contributed by atoms with Crippen molar-refractivity contribution in [2.75, 3.05) is 5.75 Å². The van der Waals surface area contributed by atoms with Crippen molar-refractivity contribution in [1.82, 2.24) is 0 Å². The van der Waals surface area contributed by atoms with E-state index in [1.54, 1.807) is 6.92 Å². The topological polar surface area (TPSA) is 68.3 Å². The van der Waals surface area contributed by atoms with Gasteiger partial charge in [0.15, 0.2) is 9.84 Å². The minimum Gasteiger partial charge on any atom is -0.300 e. The first kappa shape index (κ1) is 17.2. The predicted octanol–water partition coefficient (Wildman–Crippen LogP) is 3.46. The van der Waals surface area contributed by atoms with Crippen LogP contribution in [0.25, 0.3) is 0 Å². The van der Waals surface area contributed by atoms with Gasteiger partial charge in [-0.15, -0.1) is 0 Å². The number of allylic oxidation sites excluding steroid dienone is 2. The molecule has 3 fully saturated rings. The van der Waals surface area contributed by atoms with Gasteiger partial charge in [-0.25, -0.2) is 8.42 Å². The van der Waals surface area contributed by atoms with E-state index < -0.39 is 9.84 Å². The largest absolute Gasteiger partial charge is 0.300 e. The van der Waals surface area contributed by atoms with Crippen LogP contribution < -0.4 is 0 Å². The zero-order valence-corrected chi connectivity index (χ0v) is 16.5. The number of Topliss-reactive ketones (excluding diaryl/α,β-unsaturated/α-hetero) is 2. The molecule has 0 saturated heterocycles. The summed E-state index contributed by atoms with van der Waals surface area (Å²) in [6, 6.07) is 0. The molecule has 0 radical (unpaired) electrons. The minimum atomic E-state index is -3.22. The van der Waals surface area contributed by atoms with Crippen molar-refractivity contribution in [2.45, 2.75) is 65.2 Å². The fraction of sp³-hybridized carbons (Fsp3) is 0.810. The lowest BCUT2D eigenvalue weighted by Crippen LogP contribution is -2.51. The summed E-state index contributed by atoms with van der Waals surface area (Å²) in [4.78, 5) is 24.9. The van der Waals surface area contributed by atoms with Crippen LogP contribution in [0.5, 0.6) is 0 Å². The van der Waals surface area contributed by atoms with Crippen LogP contribution in [0.15, 0.2) is 10.5 Å². The molecule has 3 saturated carbocycles. The van der Waals surface area contributed by atoms with Gasteiger partial charge in [-0.3, -0.25) is 9.59 Å². The van der Waals surface area contributed by atoms with Crippen molar-refractivity contribution in [3.8, 4) is 0 Å². The third-order valence-electron chi connectivity index (χ3n) is 9.04. The Morgan fingerprint density at radius 2 is 1.88 bits per heavy atom. The Bertz CT molecular complexity index is 853. The van der Waals surface area contributed by atoms with Gasteiger partial charge < -0.3 is 0 Å². The van der Waals surface area contributed by atoms with Crippen molar-refractivity contribution in [2.24, 2.45) is 34.5 Å². The summed E-state index contributed by atoms with van der Waals surface area (Å²) < 4.78 is 26.0. The average Bonchev–Trinajstić information content (AvgIpc) is 2.98. The summed E-state index contributed by atoms with van der Waals surface area (Å²) >= 11 is 0. The zero-order chi connectivity index (χ0) is 18.5. The lowest BCUT2D eigenvalue weighted by molar-refractivity contribution is -0.128. The van der Waals surface area contributed by atoms with Gasteiger partial charge in [-0.1, -0.05) is 6.92 Å². The molecular formula is C21H28O4S. The van der Waals surface area contributed by atoms with Gasteiger partial charge in [0.05, 0.1) is 5.75 Å². The molecule has 4 unspecified atom stereocenters. The Labute approximate surface area is 155 Å². The molecule has 5 heteroatoms. The molecule has 4 nitrogen and oxygen atoms in total. The molecule has 0 spiro atoms. The summed E-state index contributed by atoms with van der Waals surface area (Å²) in [7, 11) is -3.22. The normalized spacial score (nSPS) is 48.8. The molecule has 0 N–H and O–H groups in total. The number of ketones is 2. The van der Waals surface area contributed by atoms with Gasteiger partial charge in [-0.2, -0.15) is 0 Å². The molecule has 6 atom stereocenters. The third kappa shape index (κ3) is 1.93. The summed E-state index contributed by atoms with van der Waals surface area (Å²) in [6.07, 6.45) is 6.32. The molecule has 1 heterocycles. The summed E-state index contributed by atoms with van der Waals surface area (Å²) in [5, 5.41) is 0. The van der Waals surface area contributed by atoms with E-state index in [0.29, 0.717) is 47.7 Å². The monoisotopic (exact) mass is 376 g/mol. The molecule has 5 aliphatic rings. The van der Waals surface area contributed by atoms with Crippen LogP contribution in [0.3, 0.4) is 0 Å². The third-order valence-corrected chi connectivity index (χ3v) is 11.1. The lowest BCUT2D eigenvalue weighted by atomic mass is 9.47. The predicted molar refractivity (Wildman–Crippen MR) is 97.9 cm³/mol. The van der Waals surface area contributed by atoms with Crippen LogP contribution in [0, 0.1) is 34.5 Å². The van der Waals surface area contributed by atoms with Crippen molar-refractivity contribution in [3.05, 3.63) is 10.5 Å². The second-order valence-electron chi connectivity index (χ2n) is 9.90. The van der Waals surface area contributed by atoms with E-state index in [-0.39, 0.29) is 28.3 Å². The highest BCUT2D eigenvalue weighted by atomic mass is 32.2. The first-order valence-electron chi connectivity index (χ1n) is 10.2. The van der Waals surface area contributed by atoms with Gasteiger partial charge in [0.2, 0.25) is 0 Å². The summed E-state index contributed by atoms with van der Waals surface area (Å²) in [5.74, 6) is 2.12. The molecule has 0 amide bonds. The van der Waals surface area contributed by atoms with Crippen molar-refractivity contribution < 1.29 is 18.0 Å². The van der Waals surface area contributed by atoms with Crippen LogP contribution in [0.2, 0.25) is 0 Å². The highest BCUT2D eigenvalue weighted by molar-refractivity contribution is 7.95. The quantitative estimate of drug-likeness (QED) is 0.703. The molecular weight excluding hydrogens is 348 g/mol. The second-order valence-corrected chi connectivity index (χ2v) is 11.9. The van der Waals surface area contributed by atoms with Gasteiger partial charge >= 0.3 is 0 Å². The number of hydrogen-bond acceptors (Lipinski definition) is 4. The van der Waals surface area contributed by atoms with Crippen molar-refractivity contribution in [1.29, 1.82) is 0 Å². The number of carbonyl (C=O) groups excluding carboxylic acids is 2. The van der Waals surface area contributed by atoms with Crippen LogP contribution in [0.4, 0.5) is 0 Å². The smallest absolute Gasteiger partial charge is 0.175 e. The van der Waals surface area contributed by atoms with Gasteiger partial charge in [-0.05, 0) is 74.2 Å². The highest BCUT2D eigenvalue weighted by Crippen LogP contribution is 2.69. The van der Waals surface area contributed by atoms with E-state index in [2.05, 4.69) is 6.92 Å². The number of rotatable bonds is 1. The lowest BCUT2D eigenvalue weighted by Gasteiger charge is -2.56. The summed E-state index contributed by atoms with van der Waals surface area (Å²) in [5.41, 5.74) is 0.774. The van der Waals surface area contributed by atoms with E-state index in [9.17, 15) is 18.0 Å². The maximum Gasteiger partial charge on any atom is 0.175 e. The standard InChI is InChI=1S/C21H28O4S/c1-12(22)15-3-4-16-14-10-19-18-9-13(23)5-8-21(18,11-26(19,24)25)17(14)6-7-20(15,16)2/h14-17H,3-11H2,1-2H3/t14?,15?,16?,17?,20-,21+/m1/s1. The SMILES string of the molecule is CC(=O)C1CCC2C3CC4=C5CC(=O)CC[C@]5(CS4(=O)=O)C3CC[C@]12C. The molecule has 1 aliphatic heterocycles. The van der Waals surface area contributed by atoms with E-state index in [1.165, 1.54) is 0 Å². The molecule has 4 aliphatic carbocycles. The van der Waals surface area contributed by atoms with Gasteiger partial charge in [0.1, 0.15) is 11.6 Å². The van der Waals surface area contributed by atoms with Crippen molar-refractivity contribution in [3.63, 3.8) is 0 Å². The number of fused-ring (bicyclic) bond motifs is 3. The minimum absolute atomic E-state index is 0.0371. The van der Waals surface area contributed by atoms with E-state index >= 15 is 0 Å². The molecule has 5 rings (SSSR count). The fourth-order valence-corrected chi connectivity index (χ4v) is 10.5. The molecule has 2 bridgehead atoms. The van der Waals surface area contributed by atoms with Gasteiger partial charge in [0.25, 0.3) is 0 Å². The Balaban J connectivity index is 1.61. The summed E-state index contributed by atoms with van der Waals surface area (Å²) in [6.45, 7) is 4.01. The molecule has 0 aromatic carbocycles. The number of carbonyl (C=O) groups is 2. The first-order valence-corrected chi connectivity index (χ1v) is 11.8. The molecule has 142 valence electrons.